The van der Waals surface area contributed by atoms with Gasteiger partial charge in [-0.05, 0) is 39.7 Å². The largest absolute Gasteiger partial charge is 0.0795 e. The lowest BCUT2D eigenvalue weighted by Gasteiger charge is -2.19. The first-order valence-corrected chi connectivity index (χ1v) is 6.95. The van der Waals surface area contributed by atoms with Gasteiger partial charge in [0.2, 0.25) is 0 Å². The lowest BCUT2D eigenvalue weighted by Crippen LogP contribution is -2.10. The van der Waals surface area contributed by atoms with Crippen molar-refractivity contribution >= 4 is 29.1 Å². The van der Waals surface area contributed by atoms with Crippen LogP contribution in [0.1, 0.15) is 37.5 Å². The molecule has 0 bridgehead atoms. The van der Waals surface area contributed by atoms with Crippen LogP contribution in [0, 0.1) is 0 Å². The van der Waals surface area contributed by atoms with Crippen molar-refractivity contribution in [3.05, 3.63) is 65.2 Å². The topological polar surface area (TPSA) is 0 Å². The fourth-order valence-corrected chi connectivity index (χ4v) is 2.69. The fourth-order valence-electron chi connectivity index (χ4n) is 2.69. The van der Waals surface area contributed by atoms with Crippen LogP contribution in [0.4, 0.5) is 0 Å². The Bertz CT molecular complexity index is 628. The fraction of sp³-hybridized carbons (Fsp3) is 0.263. The first-order chi connectivity index (χ1) is 9.05. The van der Waals surface area contributed by atoms with Gasteiger partial charge < -0.3 is 0 Å². The molecule has 0 saturated heterocycles. The number of rotatable bonds is 1. The molecule has 0 aromatic heterocycles. The molecule has 0 unspecified atom stereocenters. The zero-order chi connectivity index (χ0) is 13.5. The number of benzene rings is 2. The van der Waals surface area contributed by atoms with Gasteiger partial charge in [-0.1, -0.05) is 75.4 Å². The summed E-state index contributed by atoms with van der Waals surface area (Å²) in [7, 11) is 0. The van der Waals surface area contributed by atoms with Crippen molar-refractivity contribution in [3.8, 4) is 11.1 Å². The van der Waals surface area contributed by atoms with Gasteiger partial charge in [0, 0.05) is 23.1 Å². The standard InChI is InChI=1S/C19H20.Mg/c1-19(2,3)16-12-10-15(11-13-16)18-9-5-7-14-6-4-8-17(14)18;/h4-5,7-13H,6H2,1-3H3;. The lowest BCUT2D eigenvalue weighted by atomic mass is 9.86. The molecule has 0 fully saturated rings. The minimum atomic E-state index is 0. The first kappa shape index (κ1) is 15.3. The van der Waals surface area contributed by atoms with Crippen LogP contribution in [0.2, 0.25) is 0 Å². The van der Waals surface area contributed by atoms with Crippen molar-refractivity contribution in [2.45, 2.75) is 32.6 Å². The molecule has 3 rings (SSSR count). The van der Waals surface area contributed by atoms with Crippen molar-refractivity contribution in [1.82, 2.24) is 0 Å². The normalized spacial score (nSPS) is 12.9. The summed E-state index contributed by atoms with van der Waals surface area (Å²) >= 11 is 0. The number of fused-ring (bicyclic) bond motifs is 1. The molecule has 98 valence electrons. The van der Waals surface area contributed by atoms with Gasteiger partial charge in [0.15, 0.2) is 0 Å². The average Bonchev–Trinajstić information content (AvgIpc) is 2.86. The second kappa shape index (κ2) is 5.75. The van der Waals surface area contributed by atoms with Crippen LogP contribution in [0.3, 0.4) is 0 Å². The zero-order valence-corrected chi connectivity index (χ0v) is 14.0. The predicted octanol–water partition coefficient (Wildman–Crippen LogP) is 4.84. The third-order valence-corrected chi connectivity index (χ3v) is 3.88. The highest BCUT2D eigenvalue weighted by molar-refractivity contribution is 5.79. The third kappa shape index (κ3) is 2.84. The second-order valence-corrected chi connectivity index (χ2v) is 6.31. The number of hydrogen-bond donors (Lipinski definition) is 0. The molecule has 1 aliphatic carbocycles. The maximum Gasteiger partial charge on any atom is 0 e. The summed E-state index contributed by atoms with van der Waals surface area (Å²) in [4.78, 5) is 0. The number of allylic oxidation sites excluding steroid dienone is 1. The Morgan fingerprint density at radius 1 is 0.900 bits per heavy atom. The van der Waals surface area contributed by atoms with E-state index in [1.807, 2.05) is 0 Å². The van der Waals surface area contributed by atoms with Crippen LogP contribution in [0.15, 0.2) is 48.5 Å². The highest BCUT2D eigenvalue weighted by Crippen LogP contribution is 2.32. The first-order valence-electron chi connectivity index (χ1n) is 6.95. The summed E-state index contributed by atoms with van der Waals surface area (Å²) in [5.74, 6) is 0. The SMILES string of the molecule is CC(C)(C)c1ccc(-c2cccc3c2C=CC3)cc1.[Mg]. The molecule has 0 saturated carbocycles. The molecule has 0 atom stereocenters. The van der Waals surface area contributed by atoms with Crippen LogP contribution < -0.4 is 0 Å². The molecule has 2 aromatic rings. The Hall–Kier alpha value is -1.05. The molecule has 0 aliphatic heterocycles. The second-order valence-electron chi connectivity index (χ2n) is 6.31. The quantitative estimate of drug-likeness (QED) is 0.652. The van der Waals surface area contributed by atoms with E-state index >= 15 is 0 Å². The van der Waals surface area contributed by atoms with E-state index in [2.05, 4.69) is 75.4 Å². The van der Waals surface area contributed by atoms with Crippen molar-refractivity contribution in [2.75, 3.05) is 0 Å². The molecule has 0 spiro atoms. The average molecular weight is 273 g/mol. The minimum Gasteiger partial charge on any atom is -0.0795 e. The molecule has 1 aliphatic rings. The molecule has 2 aromatic carbocycles. The van der Waals surface area contributed by atoms with Crippen LogP contribution >= 0.6 is 0 Å². The Kier molecular flexibility index (Phi) is 4.41. The predicted molar refractivity (Wildman–Crippen MR) is 89.1 cm³/mol. The van der Waals surface area contributed by atoms with Crippen molar-refractivity contribution in [2.24, 2.45) is 0 Å². The van der Waals surface area contributed by atoms with Gasteiger partial charge in [-0.25, -0.2) is 0 Å². The van der Waals surface area contributed by atoms with E-state index in [9.17, 15) is 0 Å². The molecule has 0 heterocycles. The monoisotopic (exact) mass is 272 g/mol. The Morgan fingerprint density at radius 3 is 2.25 bits per heavy atom. The molecular formula is C19H20Mg. The summed E-state index contributed by atoms with van der Waals surface area (Å²) in [5, 5.41) is 0. The highest BCUT2D eigenvalue weighted by Gasteiger charge is 2.14. The summed E-state index contributed by atoms with van der Waals surface area (Å²) in [6.45, 7) is 6.76. The van der Waals surface area contributed by atoms with Gasteiger partial charge in [-0.15, -0.1) is 0 Å². The van der Waals surface area contributed by atoms with Crippen LogP contribution in [-0.2, 0) is 11.8 Å². The summed E-state index contributed by atoms with van der Waals surface area (Å²) in [6.07, 6.45) is 5.57. The maximum atomic E-state index is 2.26. The van der Waals surface area contributed by atoms with Gasteiger partial charge in [0.1, 0.15) is 0 Å². The van der Waals surface area contributed by atoms with E-state index < -0.39 is 0 Å². The van der Waals surface area contributed by atoms with Crippen molar-refractivity contribution < 1.29 is 0 Å². The van der Waals surface area contributed by atoms with Gasteiger partial charge in [0.05, 0.1) is 0 Å². The smallest absolute Gasteiger partial charge is 0 e. The van der Waals surface area contributed by atoms with Crippen LogP contribution in [-0.4, -0.2) is 23.1 Å². The van der Waals surface area contributed by atoms with E-state index in [4.69, 9.17) is 0 Å². The van der Waals surface area contributed by atoms with E-state index in [0.29, 0.717) is 0 Å². The lowest BCUT2D eigenvalue weighted by molar-refractivity contribution is 0.590. The van der Waals surface area contributed by atoms with Crippen LogP contribution in [0.5, 0.6) is 0 Å². The van der Waals surface area contributed by atoms with Gasteiger partial charge in [0.25, 0.3) is 0 Å². The maximum absolute atomic E-state index is 2.26. The number of hydrogen-bond acceptors (Lipinski definition) is 0. The third-order valence-electron chi connectivity index (χ3n) is 3.88. The Labute approximate surface area is 138 Å². The van der Waals surface area contributed by atoms with E-state index in [1.54, 1.807) is 0 Å². The molecule has 0 amide bonds. The summed E-state index contributed by atoms with van der Waals surface area (Å²) in [6, 6.07) is 15.6. The van der Waals surface area contributed by atoms with Crippen LogP contribution in [0.25, 0.3) is 17.2 Å². The van der Waals surface area contributed by atoms with Crippen molar-refractivity contribution in [1.29, 1.82) is 0 Å². The molecule has 0 nitrogen and oxygen atoms in total. The van der Waals surface area contributed by atoms with Gasteiger partial charge in [-0.3, -0.25) is 0 Å². The highest BCUT2D eigenvalue weighted by atomic mass is 24.3. The minimum absolute atomic E-state index is 0. The van der Waals surface area contributed by atoms with Gasteiger partial charge in [-0.2, -0.15) is 0 Å². The zero-order valence-electron chi connectivity index (χ0n) is 12.6. The summed E-state index contributed by atoms with van der Waals surface area (Å²) < 4.78 is 0. The Morgan fingerprint density at radius 2 is 1.60 bits per heavy atom. The van der Waals surface area contributed by atoms with E-state index in [0.717, 1.165) is 6.42 Å². The molecular weight excluding hydrogens is 253 g/mol. The van der Waals surface area contributed by atoms with E-state index in [-0.39, 0.29) is 28.5 Å². The van der Waals surface area contributed by atoms with Gasteiger partial charge >= 0.3 is 0 Å². The molecule has 0 N–H and O–H groups in total. The Balaban J connectivity index is 0.00000147. The molecule has 20 heavy (non-hydrogen) atoms. The summed E-state index contributed by atoms with van der Waals surface area (Å²) in [5.41, 5.74) is 7.11. The molecule has 1 heteroatoms. The van der Waals surface area contributed by atoms with E-state index in [1.165, 1.54) is 27.8 Å². The molecule has 2 radical (unpaired) electrons. The van der Waals surface area contributed by atoms with Crippen molar-refractivity contribution in [3.63, 3.8) is 0 Å².